The number of benzene rings is 2. The van der Waals surface area contributed by atoms with Gasteiger partial charge in [0, 0.05) is 18.8 Å². The molecule has 104 valence electrons. The molecule has 1 aliphatic carbocycles. The normalized spacial score (nSPS) is 22.4. The summed E-state index contributed by atoms with van der Waals surface area (Å²) in [6, 6.07) is 20.7. The molecule has 0 heterocycles. The van der Waals surface area contributed by atoms with Gasteiger partial charge in [-0.05, 0) is 16.7 Å². The van der Waals surface area contributed by atoms with Gasteiger partial charge in [0.25, 0.3) is 0 Å². The van der Waals surface area contributed by atoms with Crippen LogP contribution in [0.1, 0.15) is 29.0 Å². The van der Waals surface area contributed by atoms with E-state index in [0.29, 0.717) is 12.0 Å². The van der Waals surface area contributed by atoms with Crippen molar-refractivity contribution >= 4 is 0 Å². The monoisotopic (exact) mass is 266 g/mol. The van der Waals surface area contributed by atoms with Gasteiger partial charge >= 0.3 is 0 Å². The highest BCUT2D eigenvalue weighted by Gasteiger charge is 2.34. The van der Waals surface area contributed by atoms with Gasteiger partial charge in [0.15, 0.2) is 0 Å². The second-order valence-electron chi connectivity index (χ2n) is 6.87. The maximum Gasteiger partial charge on any atom is 0.0934 e. The molecule has 0 radical (unpaired) electrons. The molecule has 0 N–H and O–H groups in total. The quantitative estimate of drug-likeness (QED) is 0.725. The molecule has 3 rings (SSSR count). The zero-order valence-electron chi connectivity index (χ0n) is 12.7. The van der Waals surface area contributed by atoms with Crippen LogP contribution in [0.2, 0.25) is 0 Å². The van der Waals surface area contributed by atoms with Gasteiger partial charge in [0.2, 0.25) is 0 Å². The predicted octanol–water partition coefficient (Wildman–Crippen LogP) is 3.84. The Balaban J connectivity index is 2.04. The first-order chi connectivity index (χ1) is 9.55. The number of nitrogens with zero attached hydrogens (tertiary/aromatic N) is 1. The molecule has 0 aromatic heterocycles. The van der Waals surface area contributed by atoms with Crippen molar-refractivity contribution in [2.75, 3.05) is 21.1 Å². The lowest BCUT2D eigenvalue weighted by Gasteiger charge is -2.40. The number of fused-ring (bicyclic) bond motifs is 1. The molecule has 1 nitrogen and oxygen atoms in total. The van der Waals surface area contributed by atoms with E-state index in [1.165, 1.54) is 29.5 Å². The number of hydrogen-bond acceptors (Lipinski definition) is 0. The highest BCUT2D eigenvalue weighted by atomic mass is 15.3. The third-order valence-corrected chi connectivity index (χ3v) is 4.69. The molecular formula is C19H24N+. The molecule has 0 amide bonds. The molecular weight excluding hydrogens is 242 g/mol. The Kier molecular flexibility index (Phi) is 3.39. The predicted molar refractivity (Wildman–Crippen MR) is 84.9 cm³/mol. The van der Waals surface area contributed by atoms with Crippen LogP contribution < -0.4 is 0 Å². The van der Waals surface area contributed by atoms with Crippen molar-refractivity contribution in [1.82, 2.24) is 0 Å². The van der Waals surface area contributed by atoms with Gasteiger partial charge in [-0.25, -0.2) is 0 Å². The van der Waals surface area contributed by atoms with Crippen LogP contribution in [0.25, 0.3) is 0 Å². The topological polar surface area (TPSA) is 0 Å². The summed E-state index contributed by atoms with van der Waals surface area (Å²) in [7, 11) is 6.96. The van der Waals surface area contributed by atoms with Crippen LogP contribution in [-0.4, -0.2) is 31.7 Å². The van der Waals surface area contributed by atoms with E-state index in [1.807, 2.05) is 0 Å². The summed E-state index contributed by atoms with van der Waals surface area (Å²) in [6.07, 6.45) is 2.44. The number of likely N-dealkylation sites (N-methyl/N-ethyl adjacent to an activating group) is 1. The Labute approximate surface area is 122 Å². The Morgan fingerprint density at radius 1 is 0.850 bits per heavy atom. The van der Waals surface area contributed by atoms with Crippen LogP contribution in [0.15, 0.2) is 54.6 Å². The smallest absolute Gasteiger partial charge is 0.0934 e. The zero-order valence-corrected chi connectivity index (χ0v) is 12.7. The third kappa shape index (κ3) is 2.51. The second-order valence-corrected chi connectivity index (χ2v) is 6.87. The summed E-state index contributed by atoms with van der Waals surface area (Å²) in [6.45, 7) is 0. The second kappa shape index (κ2) is 5.06. The summed E-state index contributed by atoms with van der Waals surface area (Å²) in [5.41, 5.74) is 4.52. The van der Waals surface area contributed by atoms with Crippen molar-refractivity contribution in [2.24, 2.45) is 0 Å². The highest BCUT2D eigenvalue weighted by molar-refractivity contribution is 5.40. The van der Waals surface area contributed by atoms with Gasteiger partial charge in [0.05, 0.1) is 27.2 Å². The van der Waals surface area contributed by atoms with Crippen molar-refractivity contribution in [1.29, 1.82) is 0 Å². The van der Waals surface area contributed by atoms with E-state index in [-0.39, 0.29) is 0 Å². The Bertz CT molecular complexity index is 580. The van der Waals surface area contributed by atoms with Gasteiger partial charge in [0.1, 0.15) is 0 Å². The van der Waals surface area contributed by atoms with Crippen LogP contribution in [0.5, 0.6) is 0 Å². The van der Waals surface area contributed by atoms with Crippen molar-refractivity contribution in [3.63, 3.8) is 0 Å². The molecule has 2 unspecified atom stereocenters. The van der Waals surface area contributed by atoms with E-state index in [9.17, 15) is 0 Å². The third-order valence-electron chi connectivity index (χ3n) is 4.69. The first-order valence-corrected chi connectivity index (χ1v) is 7.49. The van der Waals surface area contributed by atoms with Gasteiger partial charge in [-0.2, -0.15) is 0 Å². The lowest BCUT2D eigenvalue weighted by atomic mass is 9.76. The molecule has 0 saturated carbocycles. The molecule has 2 aromatic rings. The van der Waals surface area contributed by atoms with Crippen molar-refractivity contribution in [3.05, 3.63) is 71.3 Å². The summed E-state index contributed by atoms with van der Waals surface area (Å²) < 4.78 is 1.04. The minimum absolute atomic E-state index is 0.545. The lowest BCUT2D eigenvalue weighted by Crippen LogP contribution is -2.48. The Morgan fingerprint density at radius 3 is 2.20 bits per heavy atom. The van der Waals surface area contributed by atoms with E-state index in [2.05, 4.69) is 75.7 Å². The Morgan fingerprint density at radius 2 is 1.50 bits per heavy atom. The number of hydrogen-bond donors (Lipinski definition) is 0. The molecule has 1 heteroatoms. The van der Waals surface area contributed by atoms with Crippen molar-refractivity contribution < 1.29 is 4.48 Å². The van der Waals surface area contributed by atoms with Crippen LogP contribution in [0, 0.1) is 0 Å². The van der Waals surface area contributed by atoms with Gasteiger partial charge in [-0.15, -0.1) is 0 Å². The lowest BCUT2D eigenvalue weighted by molar-refractivity contribution is -0.896. The minimum Gasteiger partial charge on any atom is -0.328 e. The van der Waals surface area contributed by atoms with E-state index < -0.39 is 0 Å². The van der Waals surface area contributed by atoms with Gasteiger partial charge in [-0.1, -0.05) is 54.6 Å². The average Bonchev–Trinajstić information content (AvgIpc) is 2.46. The van der Waals surface area contributed by atoms with Gasteiger partial charge in [-0.3, -0.25) is 0 Å². The molecule has 0 aliphatic heterocycles. The van der Waals surface area contributed by atoms with E-state index in [0.717, 1.165) is 4.48 Å². The van der Waals surface area contributed by atoms with E-state index in [4.69, 9.17) is 0 Å². The largest absolute Gasteiger partial charge is 0.328 e. The molecule has 0 fully saturated rings. The van der Waals surface area contributed by atoms with Crippen LogP contribution in [0.4, 0.5) is 0 Å². The molecule has 20 heavy (non-hydrogen) atoms. The molecule has 2 atom stereocenters. The zero-order chi connectivity index (χ0) is 14.2. The van der Waals surface area contributed by atoms with Crippen LogP contribution in [-0.2, 0) is 6.42 Å². The first-order valence-electron chi connectivity index (χ1n) is 7.49. The fraction of sp³-hybridized carbons (Fsp3) is 0.368. The summed E-state index contributed by atoms with van der Waals surface area (Å²) >= 11 is 0. The van der Waals surface area contributed by atoms with Crippen LogP contribution in [0.3, 0.4) is 0 Å². The molecule has 0 saturated heterocycles. The fourth-order valence-electron chi connectivity index (χ4n) is 3.39. The van der Waals surface area contributed by atoms with Gasteiger partial charge < -0.3 is 4.48 Å². The maximum atomic E-state index is 2.32. The fourth-order valence-corrected chi connectivity index (χ4v) is 3.39. The maximum absolute atomic E-state index is 2.32. The van der Waals surface area contributed by atoms with Crippen LogP contribution >= 0.6 is 0 Å². The number of quaternary nitrogens is 1. The summed E-state index contributed by atoms with van der Waals surface area (Å²) in [5.74, 6) is 0.545. The Hall–Kier alpha value is -1.60. The molecule has 1 aliphatic rings. The van der Waals surface area contributed by atoms with Crippen molar-refractivity contribution in [3.8, 4) is 0 Å². The first kappa shape index (κ1) is 13.4. The van der Waals surface area contributed by atoms with E-state index in [1.54, 1.807) is 0 Å². The molecule has 0 bridgehead atoms. The van der Waals surface area contributed by atoms with E-state index >= 15 is 0 Å². The minimum atomic E-state index is 0.545. The molecule has 0 spiro atoms. The van der Waals surface area contributed by atoms with Crippen molar-refractivity contribution in [2.45, 2.75) is 24.8 Å². The highest BCUT2D eigenvalue weighted by Crippen LogP contribution is 2.38. The SMILES string of the molecule is C[N+](C)(C)C1Cc2ccccc2C(c2ccccc2)C1. The standard InChI is InChI=1S/C19H24N/c1-20(2,3)17-13-16-11-7-8-12-18(16)19(14-17)15-9-5-4-6-10-15/h4-12,17,19H,13-14H2,1-3H3/q+1. The average molecular weight is 266 g/mol. The summed E-state index contributed by atoms with van der Waals surface area (Å²) in [5, 5.41) is 0. The number of rotatable bonds is 2. The molecule has 2 aromatic carbocycles. The summed E-state index contributed by atoms with van der Waals surface area (Å²) in [4.78, 5) is 0.